The van der Waals surface area contributed by atoms with Crippen LogP contribution < -0.4 is 5.32 Å². The topological polar surface area (TPSA) is 103 Å². The Kier molecular flexibility index (Phi) is 4.81. The van der Waals surface area contributed by atoms with Crippen molar-refractivity contribution in [3.8, 4) is 10.6 Å². The maximum absolute atomic E-state index is 12.3. The third-order valence-corrected chi connectivity index (χ3v) is 5.61. The Morgan fingerprint density at radius 2 is 1.90 bits per heavy atom. The lowest BCUT2D eigenvalue weighted by Gasteiger charge is -2.07. The number of fused-ring (bicyclic) bond motifs is 1. The van der Waals surface area contributed by atoms with Crippen molar-refractivity contribution in [2.24, 2.45) is 0 Å². The molecule has 0 bridgehead atoms. The van der Waals surface area contributed by atoms with Gasteiger partial charge in [-0.15, -0.1) is 11.3 Å². The van der Waals surface area contributed by atoms with Crippen LogP contribution in [-0.2, 0) is 11.3 Å². The largest absolute Gasteiger partial charge is 0.324 e. The van der Waals surface area contributed by atoms with Gasteiger partial charge in [-0.25, -0.2) is 4.98 Å². The van der Waals surface area contributed by atoms with E-state index in [4.69, 9.17) is 0 Å². The molecule has 9 heteroatoms. The van der Waals surface area contributed by atoms with E-state index in [9.17, 15) is 14.9 Å². The van der Waals surface area contributed by atoms with Gasteiger partial charge >= 0.3 is 5.69 Å². The average molecular weight is 407 g/mol. The summed E-state index contributed by atoms with van der Waals surface area (Å²) >= 11 is 1.61. The fourth-order valence-corrected chi connectivity index (χ4v) is 4.11. The third kappa shape index (κ3) is 3.72. The molecule has 2 aromatic carbocycles. The number of para-hydroxylation sites is 1. The van der Waals surface area contributed by atoms with Crippen LogP contribution in [0, 0.1) is 24.0 Å². The minimum Gasteiger partial charge on any atom is -0.324 e. The van der Waals surface area contributed by atoms with E-state index >= 15 is 0 Å². The number of amides is 1. The van der Waals surface area contributed by atoms with E-state index in [1.165, 1.54) is 4.68 Å². The molecule has 0 radical (unpaired) electrons. The van der Waals surface area contributed by atoms with E-state index in [0.29, 0.717) is 17.1 Å². The van der Waals surface area contributed by atoms with Crippen molar-refractivity contribution >= 4 is 38.8 Å². The molecular weight excluding hydrogens is 390 g/mol. The highest BCUT2D eigenvalue weighted by molar-refractivity contribution is 7.21. The molecule has 1 N–H and O–H groups in total. The summed E-state index contributed by atoms with van der Waals surface area (Å²) in [6.45, 7) is 3.04. The number of carbonyl (C=O) groups excluding carboxylic acids is 1. The molecule has 0 aliphatic carbocycles. The predicted octanol–water partition coefficient (Wildman–Crippen LogP) is 4.32. The van der Waals surface area contributed by atoms with Crippen LogP contribution in [-0.4, -0.2) is 25.6 Å². The summed E-state index contributed by atoms with van der Waals surface area (Å²) in [7, 11) is 0. The van der Waals surface area contributed by atoms with Crippen molar-refractivity contribution in [1.82, 2.24) is 14.8 Å². The molecule has 2 aromatic heterocycles. The van der Waals surface area contributed by atoms with E-state index in [1.54, 1.807) is 25.2 Å². The standard InChI is InChI=1S/C20H17N5O3S/c1-12-19(25(27)28)13(2)24(23-12)11-18(26)21-15-9-7-14(8-10-15)20-22-16-5-3-4-6-17(16)29-20/h3-10H,11H2,1-2H3,(H,21,26). The molecule has 4 rings (SSSR count). The number of aryl methyl sites for hydroxylation is 1. The molecule has 0 atom stereocenters. The number of anilines is 1. The zero-order valence-corrected chi connectivity index (χ0v) is 16.6. The van der Waals surface area contributed by atoms with Crippen LogP contribution in [0.3, 0.4) is 0 Å². The molecule has 8 nitrogen and oxygen atoms in total. The second kappa shape index (κ2) is 7.44. The lowest BCUT2D eigenvalue weighted by atomic mass is 10.2. The first-order valence-corrected chi connectivity index (χ1v) is 9.68. The third-order valence-electron chi connectivity index (χ3n) is 4.53. The molecular formula is C20H17N5O3S. The van der Waals surface area contributed by atoms with Crippen molar-refractivity contribution < 1.29 is 9.72 Å². The van der Waals surface area contributed by atoms with Crippen LogP contribution in [0.1, 0.15) is 11.4 Å². The number of nitrogens with one attached hydrogen (secondary N) is 1. The number of aromatic nitrogens is 3. The molecule has 0 saturated carbocycles. The van der Waals surface area contributed by atoms with Crippen LogP contribution in [0.15, 0.2) is 48.5 Å². The Balaban J connectivity index is 1.47. The van der Waals surface area contributed by atoms with Crippen LogP contribution in [0.2, 0.25) is 0 Å². The minimum absolute atomic E-state index is 0.0574. The number of thiazole rings is 1. The minimum atomic E-state index is -0.479. The molecule has 1 amide bonds. The van der Waals surface area contributed by atoms with Gasteiger partial charge in [-0.05, 0) is 50.2 Å². The average Bonchev–Trinajstić information content (AvgIpc) is 3.23. The summed E-state index contributed by atoms with van der Waals surface area (Å²) in [5.74, 6) is -0.307. The lowest BCUT2D eigenvalue weighted by Crippen LogP contribution is -2.20. The first-order chi connectivity index (χ1) is 13.9. The fourth-order valence-electron chi connectivity index (χ4n) is 3.13. The number of rotatable bonds is 5. The maximum Gasteiger partial charge on any atom is 0.312 e. The number of nitrogens with zero attached hydrogens (tertiary/aromatic N) is 4. The summed E-state index contributed by atoms with van der Waals surface area (Å²) in [6.07, 6.45) is 0. The second-order valence-corrected chi connectivity index (χ2v) is 7.58. The van der Waals surface area contributed by atoms with E-state index in [-0.39, 0.29) is 18.1 Å². The molecule has 29 heavy (non-hydrogen) atoms. The highest BCUT2D eigenvalue weighted by atomic mass is 32.1. The van der Waals surface area contributed by atoms with Gasteiger partial charge < -0.3 is 5.32 Å². The van der Waals surface area contributed by atoms with Crippen molar-refractivity contribution in [3.05, 3.63) is 70.0 Å². The maximum atomic E-state index is 12.3. The van der Waals surface area contributed by atoms with E-state index in [1.807, 2.05) is 48.5 Å². The van der Waals surface area contributed by atoms with E-state index < -0.39 is 4.92 Å². The normalized spacial score (nSPS) is 11.0. The zero-order chi connectivity index (χ0) is 20.5. The summed E-state index contributed by atoms with van der Waals surface area (Å²) in [6, 6.07) is 15.4. The fraction of sp³-hybridized carbons (Fsp3) is 0.150. The highest BCUT2D eigenvalue weighted by Crippen LogP contribution is 2.30. The van der Waals surface area contributed by atoms with Crippen molar-refractivity contribution in [2.45, 2.75) is 20.4 Å². The Hall–Kier alpha value is -3.59. The monoisotopic (exact) mass is 407 g/mol. The van der Waals surface area contributed by atoms with Gasteiger partial charge in [0.2, 0.25) is 5.91 Å². The van der Waals surface area contributed by atoms with Gasteiger partial charge in [0.05, 0.1) is 15.1 Å². The quantitative estimate of drug-likeness (QED) is 0.392. The highest BCUT2D eigenvalue weighted by Gasteiger charge is 2.22. The number of benzene rings is 2. The zero-order valence-electron chi connectivity index (χ0n) is 15.7. The first kappa shape index (κ1) is 18.8. The molecule has 0 unspecified atom stereocenters. The molecule has 0 saturated heterocycles. The van der Waals surface area contributed by atoms with Crippen molar-refractivity contribution in [1.29, 1.82) is 0 Å². The van der Waals surface area contributed by atoms with Crippen LogP contribution >= 0.6 is 11.3 Å². The molecule has 146 valence electrons. The van der Waals surface area contributed by atoms with Gasteiger partial charge in [-0.3, -0.25) is 19.6 Å². The summed E-state index contributed by atoms with van der Waals surface area (Å²) in [4.78, 5) is 27.6. The molecule has 2 heterocycles. The number of hydrogen-bond donors (Lipinski definition) is 1. The Bertz CT molecular complexity index is 1190. The number of hydrogen-bond acceptors (Lipinski definition) is 6. The van der Waals surface area contributed by atoms with Crippen LogP contribution in [0.4, 0.5) is 11.4 Å². The van der Waals surface area contributed by atoms with E-state index in [2.05, 4.69) is 15.4 Å². The van der Waals surface area contributed by atoms with Gasteiger partial charge in [0.1, 0.15) is 22.9 Å². The Morgan fingerprint density at radius 1 is 1.17 bits per heavy atom. The number of carbonyl (C=O) groups is 1. The van der Waals surface area contributed by atoms with E-state index in [0.717, 1.165) is 20.8 Å². The lowest BCUT2D eigenvalue weighted by molar-refractivity contribution is -0.386. The van der Waals surface area contributed by atoms with Gasteiger partial charge in [-0.2, -0.15) is 5.10 Å². The van der Waals surface area contributed by atoms with Gasteiger partial charge in [0.25, 0.3) is 0 Å². The molecule has 0 spiro atoms. The van der Waals surface area contributed by atoms with Crippen molar-refractivity contribution in [3.63, 3.8) is 0 Å². The molecule has 4 aromatic rings. The Labute approximate surface area is 170 Å². The second-order valence-electron chi connectivity index (χ2n) is 6.55. The van der Waals surface area contributed by atoms with Crippen LogP contribution in [0.5, 0.6) is 0 Å². The SMILES string of the molecule is Cc1nn(CC(=O)Nc2ccc(-c3nc4ccccc4s3)cc2)c(C)c1[N+](=O)[O-]. The Morgan fingerprint density at radius 3 is 2.55 bits per heavy atom. The predicted molar refractivity (Wildman–Crippen MR) is 112 cm³/mol. The van der Waals surface area contributed by atoms with Gasteiger partial charge in [0.15, 0.2) is 0 Å². The first-order valence-electron chi connectivity index (χ1n) is 8.86. The summed E-state index contributed by atoms with van der Waals surface area (Å²) < 4.78 is 2.47. The summed E-state index contributed by atoms with van der Waals surface area (Å²) in [5, 5.41) is 18.9. The van der Waals surface area contributed by atoms with Gasteiger partial charge in [0, 0.05) is 11.3 Å². The molecule has 0 fully saturated rings. The number of nitro groups is 1. The van der Waals surface area contributed by atoms with Crippen molar-refractivity contribution in [2.75, 3.05) is 5.32 Å². The molecule has 0 aliphatic heterocycles. The summed E-state index contributed by atoms with van der Waals surface area (Å²) in [5.41, 5.74) is 3.16. The van der Waals surface area contributed by atoms with Crippen LogP contribution in [0.25, 0.3) is 20.8 Å². The smallest absolute Gasteiger partial charge is 0.312 e. The van der Waals surface area contributed by atoms with Gasteiger partial charge in [-0.1, -0.05) is 12.1 Å². The molecule has 0 aliphatic rings.